The van der Waals surface area contributed by atoms with Crippen molar-refractivity contribution in [2.24, 2.45) is 5.92 Å². The predicted octanol–water partition coefficient (Wildman–Crippen LogP) is 1.82. The van der Waals surface area contributed by atoms with Crippen molar-refractivity contribution in [3.8, 4) is 5.95 Å². The fraction of sp³-hybridized carbons (Fsp3) is 0.538. The highest BCUT2D eigenvalue weighted by Gasteiger charge is 2.15. The molecular formula is C13H19ClN6O. The van der Waals surface area contributed by atoms with E-state index in [1.807, 2.05) is 4.90 Å². The first kappa shape index (κ1) is 15.7. The highest BCUT2D eigenvalue weighted by molar-refractivity contribution is 6.28. The van der Waals surface area contributed by atoms with Gasteiger partial charge >= 0.3 is 0 Å². The molecule has 2 aromatic heterocycles. The third kappa shape index (κ3) is 4.37. The molecule has 2 heterocycles. The van der Waals surface area contributed by atoms with Crippen LogP contribution in [0, 0.1) is 5.92 Å². The zero-order valence-electron chi connectivity index (χ0n) is 12.4. The van der Waals surface area contributed by atoms with E-state index in [9.17, 15) is 0 Å². The van der Waals surface area contributed by atoms with Crippen molar-refractivity contribution in [1.29, 1.82) is 0 Å². The van der Waals surface area contributed by atoms with Crippen LogP contribution in [-0.4, -0.2) is 51.5 Å². The van der Waals surface area contributed by atoms with Crippen LogP contribution >= 0.6 is 11.6 Å². The van der Waals surface area contributed by atoms with E-state index >= 15 is 0 Å². The van der Waals surface area contributed by atoms with Gasteiger partial charge in [-0.2, -0.15) is 20.1 Å². The van der Waals surface area contributed by atoms with E-state index in [4.69, 9.17) is 16.3 Å². The highest BCUT2D eigenvalue weighted by Crippen LogP contribution is 2.14. The lowest BCUT2D eigenvalue weighted by Gasteiger charge is -2.24. The van der Waals surface area contributed by atoms with Crippen LogP contribution in [0.4, 0.5) is 5.95 Å². The monoisotopic (exact) mass is 310 g/mol. The summed E-state index contributed by atoms with van der Waals surface area (Å²) < 4.78 is 6.70. The molecule has 0 amide bonds. The van der Waals surface area contributed by atoms with Crippen molar-refractivity contribution in [3.05, 3.63) is 23.7 Å². The van der Waals surface area contributed by atoms with Gasteiger partial charge in [-0.25, -0.2) is 4.68 Å². The average molecular weight is 311 g/mol. The minimum atomic E-state index is 0.150. The summed E-state index contributed by atoms with van der Waals surface area (Å²) in [4.78, 5) is 14.8. The topological polar surface area (TPSA) is 69.0 Å². The van der Waals surface area contributed by atoms with Crippen molar-refractivity contribution in [1.82, 2.24) is 24.7 Å². The van der Waals surface area contributed by atoms with E-state index in [2.05, 4.69) is 33.9 Å². The summed E-state index contributed by atoms with van der Waals surface area (Å²) in [5, 5.41) is 4.26. The zero-order chi connectivity index (χ0) is 15.2. The molecule has 8 heteroatoms. The van der Waals surface area contributed by atoms with E-state index in [1.54, 1.807) is 30.3 Å². The smallest absolute Gasteiger partial charge is 0.256 e. The second-order valence-electron chi connectivity index (χ2n) is 4.99. The first-order valence-electron chi connectivity index (χ1n) is 6.75. The van der Waals surface area contributed by atoms with Gasteiger partial charge in [-0.1, -0.05) is 13.8 Å². The molecule has 7 nitrogen and oxygen atoms in total. The van der Waals surface area contributed by atoms with Crippen LogP contribution < -0.4 is 4.90 Å². The van der Waals surface area contributed by atoms with Gasteiger partial charge in [0.1, 0.15) is 0 Å². The predicted molar refractivity (Wildman–Crippen MR) is 80.9 cm³/mol. The summed E-state index contributed by atoms with van der Waals surface area (Å²) in [6.07, 6.45) is 3.42. The SMILES string of the molecule is COCCN(CC(C)C)c1nc(Cl)nc(-n2cccn2)n1. The van der Waals surface area contributed by atoms with Crippen molar-refractivity contribution in [2.45, 2.75) is 13.8 Å². The van der Waals surface area contributed by atoms with Gasteiger partial charge in [-0.05, 0) is 23.6 Å². The van der Waals surface area contributed by atoms with Gasteiger partial charge in [0.15, 0.2) is 0 Å². The van der Waals surface area contributed by atoms with E-state index < -0.39 is 0 Å². The van der Waals surface area contributed by atoms with Crippen LogP contribution in [0.2, 0.25) is 5.28 Å². The van der Waals surface area contributed by atoms with Crippen LogP contribution in [0.15, 0.2) is 18.5 Å². The molecule has 0 unspecified atom stereocenters. The number of aromatic nitrogens is 5. The maximum atomic E-state index is 6.02. The van der Waals surface area contributed by atoms with Crippen LogP contribution in [0.25, 0.3) is 5.95 Å². The normalized spacial score (nSPS) is 11.1. The molecule has 0 saturated carbocycles. The van der Waals surface area contributed by atoms with Gasteiger partial charge in [0.05, 0.1) is 6.61 Å². The number of methoxy groups -OCH3 is 1. The van der Waals surface area contributed by atoms with Crippen LogP contribution in [0.3, 0.4) is 0 Å². The molecule has 0 atom stereocenters. The highest BCUT2D eigenvalue weighted by atomic mass is 35.5. The molecule has 0 aliphatic rings. The molecule has 0 spiro atoms. The molecule has 0 saturated heterocycles. The summed E-state index contributed by atoms with van der Waals surface area (Å²) >= 11 is 6.02. The second-order valence-corrected chi connectivity index (χ2v) is 5.33. The molecule has 2 rings (SSSR count). The van der Waals surface area contributed by atoms with Gasteiger partial charge in [0, 0.05) is 32.6 Å². The van der Waals surface area contributed by atoms with E-state index in [0.29, 0.717) is 31.0 Å². The third-order valence-corrected chi connectivity index (χ3v) is 2.90. The lowest BCUT2D eigenvalue weighted by atomic mass is 10.2. The summed E-state index contributed by atoms with van der Waals surface area (Å²) in [5.74, 6) is 1.40. The Balaban J connectivity index is 2.30. The van der Waals surface area contributed by atoms with Gasteiger partial charge in [-0.15, -0.1) is 0 Å². The number of hydrogen-bond acceptors (Lipinski definition) is 6. The molecule has 0 bridgehead atoms. The van der Waals surface area contributed by atoms with Crippen molar-refractivity contribution < 1.29 is 4.74 Å². The Bertz CT molecular complexity index is 560. The summed E-state index contributed by atoms with van der Waals surface area (Å²) in [5.41, 5.74) is 0. The number of nitrogens with zero attached hydrogens (tertiary/aromatic N) is 6. The van der Waals surface area contributed by atoms with Crippen molar-refractivity contribution in [3.63, 3.8) is 0 Å². The van der Waals surface area contributed by atoms with Gasteiger partial charge in [-0.3, -0.25) is 0 Å². The molecule has 21 heavy (non-hydrogen) atoms. The first-order valence-corrected chi connectivity index (χ1v) is 7.13. The molecular weight excluding hydrogens is 292 g/mol. The maximum absolute atomic E-state index is 6.02. The molecule has 2 aromatic rings. The Hall–Kier alpha value is -1.73. The minimum absolute atomic E-state index is 0.150. The lowest BCUT2D eigenvalue weighted by molar-refractivity contribution is 0.204. The van der Waals surface area contributed by atoms with Gasteiger partial charge < -0.3 is 9.64 Å². The molecule has 0 aromatic carbocycles. The van der Waals surface area contributed by atoms with Gasteiger partial charge in [0.2, 0.25) is 11.2 Å². The molecule has 0 fully saturated rings. The van der Waals surface area contributed by atoms with Crippen molar-refractivity contribution >= 4 is 17.5 Å². The summed E-state index contributed by atoms with van der Waals surface area (Å²) in [6.45, 7) is 6.36. The third-order valence-electron chi connectivity index (χ3n) is 2.73. The number of ether oxygens (including phenoxy) is 1. The minimum Gasteiger partial charge on any atom is -0.383 e. The number of halogens is 1. The average Bonchev–Trinajstić information content (AvgIpc) is 2.96. The Morgan fingerprint density at radius 3 is 2.76 bits per heavy atom. The Kier molecular flexibility index (Phi) is 5.46. The number of rotatable bonds is 7. The van der Waals surface area contributed by atoms with E-state index in [1.165, 1.54) is 0 Å². The summed E-state index contributed by atoms with van der Waals surface area (Å²) in [7, 11) is 1.67. The van der Waals surface area contributed by atoms with Crippen LogP contribution in [0.1, 0.15) is 13.8 Å². The first-order chi connectivity index (χ1) is 10.1. The van der Waals surface area contributed by atoms with E-state index in [0.717, 1.165) is 6.54 Å². The zero-order valence-corrected chi connectivity index (χ0v) is 13.2. The Labute approximate surface area is 128 Å². The fourth-order valence-corrected chi connectivity index (χ4v) is 2.03. The van der Waals surface area contributed by atoms with Crippen LogP contribution in [0.5, 0.6) is 0 Å². The quantitative estimate of drug-likeness (QED) is 0.777. The largest absolute Gasteiger partial charge is 0.383 e. The lowest BCUT2D eigenvalue weighted by Crippen LogP contribution is -2.33. The molecule has 114 valence electrons. The maximum Gasteiger partial charge on any atom is 0.256 e. The summed E-state index contributed by atoms with van der Waals surface area (Å²) in [6, 6.07) is 1.80. The second kappa shape index (κ2) is 7.33. The standard InChI is InChI=1S/C13H19ClN6O/c1-10(2)9-19(7-8-21-3)12-16-11(14)17-13(18-12)20-6-4-5-15-20/h4-6,10H,7-9H2,1-3H3. The Morgan fingerprint density at radius 2 is 2.14 bits per heavy atom. The molecule has 0 aliphatic heterocycles. The molecule has 0 aliphatic carbocycles. The molecule has 0 radical (unpaired) electrons. The van der Waals surface area contributed by atoms with Crippen molar-refractivity contribution in [2.75, 3.05) is 31.7 Å². The Morgan fingerprint density at radius 1 is 1.33 bits per heavy atom. The number of anilines is 1. The van der Waals surface area contributed by atoms with Gasteiger partial charge in [0.25, 0.3) is 5.95 Å². The van der Waals surface area contributed by atoms with E-state index in [-0.39, 0.29) is 5.28 Å². The number of hydrogen-bond donors (Lipinski definition) is 0. The molecule has 0 N–H and O–H groups in total. The van der Waals surface area contributed by atoms with Crippen LogP contribution in [-0.2, 0) is 4.74 Å². The fourth-order valence-electron chi connectivity index (χ4n) is 1.88.